The molecule has 8 nitrogen and oxygen atoms in total. The van der Waals surface area contributed by atoms with Gasteiger partial charge in [-0.2, -0.15) is 0 Å². The molecule has 176 valence electrons. The number of amides is 2. The number of nitrogens with zero attached hydrogens (tertiary/aromatic N) is 4. The van der Waals surface area contributed by atoms with Gasteiger partial charge in [-0.25, -0.2) is 4.98 Å². The highest BCUT2D eigenvalue weighted by atomic mass is 16.5. The van der Waals surface area contributed by atoms with Gasteiger partial charge in [0.05, 0.1) is 24.8 Å². The van der Waals surface area contributed by atoms with Gasteiger partial charge in [0, 0.05) is 70.1 Å². The van der Waals surface area contributed by atoms with Crippen LogP contribution in [0.5, 0.6) is 0 Å². The number of aryl methyl sites for hydroxylation is 2. The van der Waals surface area contributed by atoms with Crippen LogP contribution in [-0.4, -0.2) is 65.7 Å². The molecule has 2 amide bonds. The summed E-state index contributed by atoms with van der Waals surface area (Å²) in [4.78, 5) is 33.7. The third-order valence-corrected chi connectivity index (χ3v) is 7.08. The Balaban J connectivity index is 1.35. The Morgan fingerprint density at radius 2 is 2.00 bits per heavy atom. The molecule has 5 rings (SSSR count). The lowest BCUT2D eigenvalue weighted by Crippen LogP contribution is -2.44. The summed E-state index contributed by atoms with van der Waals surface area (Å²) in [5.74, 6) is 1.08. The van der Waals surface area contributed by atoms with E-state index in [2.05, 4.69) is 39.2 Å². The standard InChI is InChI=1S/C25H33N5O3/c1-18(31)29-8-2-4-20(16-29)25(32)26-15-21-14-19(22-17-30-9-3-5-24(30)27-22)6-7-23(21)28-10-12-33-13-11-28/h6-7,14,17,20H,2-5,8-13,15-16H2,1H3,(H,26,32). The summed E-state index contributed by atoms with van der Waals surface area (Å²) in [5, 5.41) is 3.16. The number of carbonyl (C=O) groups excluding carboxylic acids is 2. The largest absolute Gasteiger partial charge is 0.378 e. The van der Waals surface area contributed by atoms with E-state index in [1.165, 1.54) is 0 Å². The van der Waals surface area contributed by atoms with Gasteiger partial charge in [0.25, 0.3) is 0 Å². The molecular formula is C25H33N5O3. The first kappa shape index (κ1) is 21.9. The quantitative estimate of drug-likeness (QED) is 0.754. The topological polar surface area (TPSA) is 79.7 Å². The van der Waals surface area contributed by atoms with Crippen molar-refractivity contribution >= 4 is 17.5 Å². The average Bonchev–Trinajstić information content (AvgIpc) is 3.46. The Kier molecular flexibility index (Phi) is 6.35. The highest BCUT2D eigenvalue weighted by Crippen LogP contribution is 2.29. The number of carbonyl (C=O) groups is 2. The third-order valence-electron chi connectivity index (χ3n) is 7.08. The molecule has 2 saturated heterocycles. The van der Waals surface area contributed by atoms with Crippen LogP contribution >= 0.6 is 0 Å². The lowest BCUT2D eigenvalue weighted by molar-refractivity contribution is -0.134. The molecule has 33 heavy (non-hydrogen) atoms. The van der Waals surface area contributed by atoms with Gasteiger partial charge >= 0.3 is 0 Å². The van der Waals surface area contributed by atoms with Crippen molar-refractivity contribution in [2.45, 2.75) is 45.7 Å². The normalized spacial score (nSPS) is 20.6. The highest BCUT2D eigenvalue weighted by Gasteiger charge is 2.27. The number of piperidine rings is 1. The molecule has 0 saturated carbocycles. The number of morpholine rings is 1. The number of hydrogen-bond donors (Lipinski definition) is 1. The van der Waals surface area contributed by atoms with Crippen LogP contribution in [0.15, 0.2) is 24.4 Å². The zero-order chi connectivity index (χ0) is 22.8. The van der Waals surface area contributed by atoms with Gasteiger partial charge in [0.15, 0.2) is 0 Å². The molecule has 1 aromatic carbocycles. The molecule has 0 radical (unpaired) electrons. The molecule has 1 atom stereocenters. The van der Waals surface area contributed by atoms with Gasteiger partial charge in [-0.05, 0) is 37.0 Å². The van der Waals surface area contributed by atoms with E-state index in [0.29, 0.717) is 26.3 Å². The van der Waals surface area contributed by atoms with E-state index >= 15 is 0 Å². The predicted molar refractivity (Wildman–Crippen MR) is 126 cm³/mol. The number of fused-ring (bicyclic) bond motifs is 1. The van der Waals surface area contributed by atoms with E-state index in [0.717, 1.165) is 80.2 Å². The molecule has 1 aromatic heterocycles. The van der Waals surface area contributed by atoms with Gasteiger partial charge < -0.3 is 24.4 Å². The molecule has 2 aromatic rings. The minimum Gasteiger partial charge on any atom is -0.378 e. The molecule has 3 aliphatic rings. The van der Waals surface area contributed by atoms with E-state index < -0.39 is 0 Å². The molecule has 0 bridgehead atoms. The predicted octanol–water partition coefficient (Wildman–Crippen LogP) is 2.21. The summed E-state index contributed by atoms with van der Waals surface area (Å²) < 4.78 is 7.79. The fourth-order valence-corrected chi connectivity index (χ4v) is 5.20. The van der Waals surface area contributed by atoms with Crippen molar-refractivity contribution in [3.05, 3.63) is 35.8 Å². The van der Waals surface area contributed by atoms with E-state index in [1.807, 2.05) is 0 Å². The molecule has 0 aliphatic carbocycles. The summed E-state index contributed by atoms with van der Waals surface area (Å²) in [5.41, 5.74) is 4.31. The van der Waals surface area contributed by atoms with Crippen LogP contribution in [0.1, 0.15) is 37.6 Å². The van der Waals surface area contributed by atoms with Crippen molar-refractivity contribution in [2.75, 3.05) is 44.3 Å². The number of aromatic nitrogens is 2. The first-order valence-corrected chi connectivity index (χ1v) is 12.1. The Labute approximate surface area is 194 Å². The maximum atomic E-state index is 13.0. The van der Waals surface area contributed by atoms with Crippen LogP contribution in [0, 0.1) is 5.92 Å². The monoisotopic (exact) mass is 451 g/mol. The van der Waals surface area contributed by atoms with Crippen molar-refractivity contribution in [1.82, 2.24) is 19.8 Å². The van der Waals surface area contributed by atoms with Crippen LogP contribution in [-0.2, 0) is 33.8 Å². The number of likely N-dealkylation sites (tertiary alicyclic amines) is 1. The number of nitrogens with one attached hydrogen (secondary N) is 1. The minimum absolute atomic E-state index is 0.0280. The molecule has 3 aliphatic heterocycles. The van der Waals surface area contributed by atoms with E-state index in [4.69, 9.17) is 9.72 Å². The van der Waals surface area contributed by atoms with Crippen LogP contribution in [0.2, 0.25) is 0 Å². The second-order valence-electron chi connectivity index (χ2n) is 9.30. The van der Waals surface area contributed by atoms with E-state index in [1.54, 1.807) is 11.8 Å². The molecule has 1 unspecified atom stereocenters. The third kappa shape index (κ3) is 4.76. The Morgan fingerprint density at radius 1 is 1.15 bits per heavy atom. The highest BCUT2D eigenvalue weighted by molar-refractivity contribution is 5.81. The van der Waals surface area contributed by atoms with Crippen molar-refractivity contribution in [3.63, 3.8) is 0 Å². The maximum absolute atomic E-state index is 13.0. The van der Waals surface area contributed by atoms with Crippen molar-refractivity contribution in [2.24, 2.45) is 5.92 Å². The first-order valence-electron chi connectivity index (χ1n) is 12.1. The molecule has 8 heteroatoms. The number of ether oxygens (including phenoxy) is 1. The fourth-order valence-electron chi connectivity index (χ4n) is 5.20. The van der Waals surface area contributed by atoms with Gasteiger partial charge in [0.2, 0.25) is 11.8 Å². The van der Waals surface area contributed by atoms with Crippen molar-refractivity contribution in [1.29, 1.82) is 0 Å². The zero-order valence-corrected chi connectivity index (χ0v) is 19.4. The Hall–Kier alpha value is -2.87. The van der Waals surface area contributed by atoms with Gasteiger partial charge in [0.1, 0.15) is 5.82 Å². The van der Waals surface area contributed by atoms with Gasteiger partial charge in [-0.1, -0.05) is 6.07 Å². The number of imidazole rings is 1. The fraction of sp³-hybridized carbons (Fsp3) is 0.560. The van der Waals surface area contributed by atoms with Gasteiger partial charge in [-0.15, -0.1) is 0 Å². The number of benzene rings is 1. The average molecular weight is 452 g/mol. The van der Waals surface area contributed by atoms with Crippen LogP contribution < -0.4 is 10.2 Å². The summed E-state index contributed by atoms with van der Waals surface area (Å²) >= 11 is 0. The summed E-state index contributed by atoms with van der Waals surface area (Å²) in [7, 11) is 0. The first-order chi connectivity index (χ1) is 16.1. The van der Waals surface area contributed by atoms with Crippen molar-refractivity contribution in [3.8, 4) is 11.3 Å². The van der Waals surface area contributed by atoms with E-state index in [9.17, 15) is 9.59 Å². The van der Waals surface area contributed by atoms with E-state index in [-0.39, 0.29) is 17.7 Å². The second kappa shape index (κ2) is 9.55. The zero-order valence-electron chi connectivity index (χ0n) is 19.4. The van der Waals surface area contributed by atoms with Crippen LogP contribution in [0.3, 0.4) is 0 Å². The Bertz CT molecular complexity index is 1010. The van der Waals surface area contributed by atoms with Crippen LogP contribution in [0.25, 0.3) is 11.3 Å². The Morgan fingerprint density at radius 3 is 2.79 bits per heavy atom. The SMILES string of the molecule is CC(=O)N1CCCC(C(=O)NCc2cc(-c3cn4c(n3)CCC4)ccc2N2CCOCC2)C1. The number of anilines is 1. The molecule has 1 N–H and O–H groups in total. The summed E-state index contributed by atoms with van der Waals surface area (Å²) in [6, 6.07) is 6.47. The number of rotatable bonds is 5. The molecular weight excluding hydrogens is 418 g/mol. The second-order valence-corrected chi connectivity index (χ2v) is 9.30. The minimum atomic E-state index is -0.145. The molecule has 0 spiro atoms. The smallest absolute Gasteiger partial charge is 0.225 e. The maximum Gasteiger partial charge on any atom is 0.225 e. The number of hydrogen-bond acceptors (Lipinski definition) is 5. The summed E-state index contributed by atoms with van der Waals surface area (Å²) in [6.07, 6.45) is 6.04. The van der Waals surface area contributed by atoms with Gasteiger partial charge in [-0.3, -0.25) is 9.59 Å². The van der Waals surface area contributed by atoms with Crippen molar-refractivity contribution < 1.29 is 14.3 Å². The molecule has 2 fully saturated rings. The van der Waals surface area contributed by atoms with Crippen LogP contribution in [0.4, 0.5) is 5.69 Å². The molecule has 4 heterocycles. The summed E-state index contributed by atoms with van der Waals surface area (Å²) in [6.45, 7) is 7.44. The lowest BCUT2D eigenvalue weighted by Gasteiger charge is -2.32. The lowest BCUT2D eigenvalue weighted by atomic mass is 9.97.